The maximum absolute atomic E-state index is 11.4. The van der Waals surface area contributed by atoms with Crippen LogP contribution in [0.15, 0.2) is 18.2 Å². The molecule has 0 heterocycles. The van der Waals surface area contributed by atoms with E-state index >= 15 is 0 Å². The van der Waals surface area contributed by atoms with Gasteiger partial charge < -0.3 is 15.2 Å². The predicted molar refractivity (Wildman–Crippen MR) is 62.4 cm³/mol. The number of nitriles is 1. The van der Waals surface area contributed by atoms with Crippen LogP contribution in [-0.4, -0.2) is 11.8 Å². The summed E-state index contributed by atoms with van der Waals surface area (Å²) in [6.07, 6.45) is -0.814. The molecule has 5 nitrogen and oxygen atoms in total. The Labute approximate surface area is 99.7 Å². The first-order chi connectivity index (χ1) is 7.81. The zero-order chi connectivity index (χ0) is 13.1. The molecule has 0 radical (unpaired) electrons. The lowest BCUT2D eigenvalue weighted by molar-refractivity contribution is 0.0206. The van der Waals surface area contributed by atoms with Crippen LogP contribution in [0.5, 0.6) is 5.75 Å². The molecular formula is C12H14N2O3. The van der Waals surface area contributed by atoms with Gasteiger partial charge in [0.05, 0.1) is 5.56 Å². The van der Waals surface area contributed by atoms with Crippen LogP contribution in [0.1, 0.15) is 26.3 Å². The number of hydrogen-bond acceptors (Lipinski definition) is 5. The molecule has 0 aliphatic carbocycles. The number of nitrogen functional groups attached to an aromatic ring is 1. The molecule has 1 rings (SSSR count). The molecule has 0 bridgehead atoms. The van der Waals surface area contributed by atoms with Crippen molar-refractivity contribution in [3.8, 4) is 11.8 Å². The summed E-state index contributed by atoms with van der Waals surface area (Å²) < 4.78 is 9.89. The fourth-order valence-electron chi connectivity index (χ4n) is 1.06. The van der Waals surface area contributed by atoms with E-state index in [2.05, 4.69) is 0 Å². The van der Waals surface area contributed by atoms with E-state index in [9.17, 15) is 4.79 Å². The Morgan fingerprint density at radius 1 is 1.41 bits per heavy atom. The number of ether oxygens (including phenoxy) is 2. The molecule has 0 atom stereocenters. The van der Waals surface area contributed by atoms with Crippen LogP contribution < -0.4 is 10.5 Å². The lowest BCUT2D eigenvalue weighted by Gasteiger charge is -2.18. The number of carbonyl (C=O) groups is 1. The molecule has 0 unspecified atom stereocenters. The van der Waals surface area contributed by atoms with E-state index in [4.69, 9.17) is 20.5 Å². The highest BCUT2D eigenvalue weighted by Crippen LogP contribution is 2.20. The molecular weight excluding hydrogens is 220 g/mol. The van der Waals surface area contributed by atoms with Gasteiger partial charge >= 0.3 is 6.16 Å². The average molecular weight is 234 g/mol. The van der Waals surface area contributed by atoms with Crippen molar-refractivity contribution in [3.05, 3.63) is 23.8 Å². The minimum absolute atomic E-state index is 0.227. The highest BCUT2D eigenvalue weighted by atomic mass is 16.7. The van der Waals surface area contributed by atoms with Gasteiger partial charge in [0.1, 0.15) is 17.4 Å². The maximum atomic E-state index is 11.4. The van der Waals surface area contributed by atoms with E-state index in [1.165, 1.54) is 18.2 Å². The van der Waals surface area contributed by atoms with Crippen molar-refractivity contribution in [3.63, 3.8) is 0 Å². The molecule has 0 saturated carbocycles. The largest absolute Gasteiger partial charge is 0.514 e. The first-order valence-electron chi connectivity index (χ1n) is 5.02. The Hall–Kier alpha value is -2.22. The molecule has 0 aliphatic rings. The quantitative estimate of drug-likeness (QED) is 0.458. The molecule has 1 aromatic rings. The number of nitrogens with zero attached hydrogens (tertiary/aromatic N) is 1. The highest BCUT2D eigenvalue weighted by Gasteiger charge is 2.18. The van der Waals surface area contributed by atoms with Gasteiger partial charge in [-0.05, 0) is 32.9 Å². The van der Waals surface area contributed by atoms with Gasteiger partial charge in [-0.1, -0.05) is 0 Å². The SMILES string of the molecule is CC(C)(C)OC(=O)Oc1ccc(N)c(C#N)c1. The van der Waals surface area contributed by atoms with Crippen molar-refractivity contribution in [2.24, 2.45) is 0 Å². The summed E-state index contributed by atoms with van der Waals surface area (Å²) in [5.41, 5.74) is 5.51. The first-order valence-corrected chi connectivity index (χ1v) is 5.02. The number of carbonyl (C=O) groups excluding carboxylic acids is 1. The Kier molecular flexibility index (Phi) is 3.59. The van der Waals surface area contributed by atoms with Gasteiger partial charge in [0.2, 0.25) is 0 Å². The van der Waals surface area contributed by atoms with Crippen LogP contribution in [-0.2, 0) is 4.74 Å². The predicted octanol–water partition coefficient (Wildman–Crippen LogP) is 2.45. The summed E-state index contributed by atoms with van der Waals surface area (Å²) in [6, 6.07) is 6.29. The van der Waals surface area contributed by atoms with Crippen molar-refractivity contribution in [2.75, 3.05) is 5.73 Å². The second-order valence-electron chi connectivity index (χ2n) is 4.43. The van der Waals surface area contributed by atoms with Gasteiger partial charge in [-0.2, -0.15) is 5.26 Å². The molecule has 0 aromatic heterocycles. The minimum Gasteiger partial charge on any atom is -0.428 e. The van der Waals surface area contributed by atoms with Crippen LogP contribution in [0.25, 0.3) is 0 Å². The van der Waals surface area contributed by atoms with Crippen molar-refractivity contribution in [1.82, 2.24) is 0 Å². The van der Waals surface area contributed by atoms with Crippen molar-refractivity contribution in [1.29, 1.82) is 5.26 Å². The van der Waals surface area contributed by atoms with E-state index < -0.39 is 11.8 Å². The Morgan fingerprint density at radius 3 is 2.59 bits per heavy atom. The van der Waals surface area contributed by atoms with Gasteiger partial charge in [-0.15, -0.1) is 0 Å². The molecule has 2 N–H and O–H groups in total. The summed E-state index contributed by atoms with van der Waals surface area (Å²) >= 11 is 0. The Bertz CT molecular complexity index is 470. The molecule has 90 valence electrons. The average Bonchev–Trinajstić information content (AvgIpc) is 2.18. The van der Waals surface area contributed by atoms with E-state index in [0.717, 1.165) is 0 Å². The molecule has 0 amide bonds. The molecule has 0 saturated heterocycles. The summed E-state index contributed by atoms with van der Waals surface area (Å²) in [4.78, 5) is 11.4. The third-order valence-corrected chi connectivity index (χ3v) is 1.74. The van der Waals surface area contributed by atoms with E-state index in [1.807, 2.05) is 6.07 Å². The highest BCUT2D eigenvalue weighted by molar-refractivity contribution is 5.66. The van der Waals surface area contributed by atoms with Gasteiger partial charge in [0, 0.05) is 11.8 Å². The van der Waals surface area contributed by atoms with Crippen LogP contribution in [0, 0.1) is 11.3 Å². The monoisotopic (exact) mass is 234 g/mol. The minimum atomic E-state index is -0.814. The first kappa shape index (κ1) is 12.8. The number of benzene rings is 1. The fraction of sp³-hybridized carbons (Fsp3) is 0.333. The van der Waals surface area contributed by atoms with E-state index in [1.54, 1.807) is 20.8 Å². The molecule has 1 aromatic carbocycles. The summed E-state index contributed by atoms with van der Waals surface area (Å²) in [5.74, 6) is 0.227. The molecule has 0 spiro atoms. The van der Waals surface area contributed by atoms with Gasteiger partial charge in [0.15, 0.2) is 0 Å². The van der Waals surface area contributed by atoms with Crippen molar-refractivity contribution >= 4 is 11.8 Å². The molecule has 0 fully saturated rings. The van der Waals surface area contributed by atoms with Gasteiger partial charge in [-0.25, -0.2) is 4.79 Å². The third kappa shape index (κ3) is 4.03. The second-order valence-corrected chi connectivity index (χ2v) is 4.43. The van der Waals surface area contributed by atoms with E-state index in [-0.39, 0.29) is 11.3 Å². The van der Waals surface area contributed by atoms with Gasteiger partial charge in [-0.3, -0.25) is 0 Å². The molecule has 17 heavy (non-hydrogen) atoms. The second kappa shape index (κ2) is 4.74. The number of rotatable bonds is 1. The van der Waals surface area contributed by atoms with E-state index in [0.29, 0.717) is 5.69 Å². The smallest absolute Gasteiger partial charge is 0.428 e. The van der Waals surface area contributed by atoms with Crippen LogP contribution >= 0.6 is 0 Å². The Balaban J connectivity index is 2.77. The lowest BCUT2D eigenvalue weighted by Crippen LogP contribution is -2.26. The van der Waals surface area contributed by atoms with Crippen molar-refractivity contribution in [2.45, 2.75) is 26.4 Å². The van der Waals surface area contributed by atoms with Crippen LogP contribution in [0.3, 0.4) is 0 Å². The summed E-state index contributed by atoms with van der Waals surface area (Å²) in [5, 5.41) is 8.76. The normalized spacial score (nSPS) is 10.5. The zero-order valence-corrected chi connectivity index (χ0v) is 9.98. The van der Waals surface area contributed by atoms with Gasteiger partial charge in [0.25, 0.3) is 0 Å². The summed E-state index contributed by atoms with van der Waals surface area (Å²) in [6.45, 7) is 5.20. The fourth-order valence-corrected chi connectivity index (χ4v) is 1.06. The van der Waals surface area contributed by atoms with Crippen molar-refractivity contribution < 1.29 is 14.3 Å². The Morgan fingerprint density at radius 2 is 2.06 bits per heavy atom. The van der Waals surface area contributed by atoms with Crippen LogP contribution in [0.2, 0.25) is 0 Å². The number of anilines is 1. The number of nitrogens with two attached hydrogens (primary N) is 1. The molecule has 5 heteroatoms. The summed E-state index contributed by atoms with van der Waals surface area (Å²) in [7, 11) is 0. The lowest BCUT2D eigenvalue weighted by atomic mass is 10.2. The number of hydrogen-bond donors (Lipinski definition) is 1. The molecule has 0 aliphatic heterocycles. The van der Waals surface area contributed by atoms with Crippen LogP contribution in [0.4, 0.5) is 10.5 Å². The zero-order valence-electron chi connectivity index (χ0n) is 9.98. The standard InChI is InChI=1S/C12H14N2O3/c1-12(2,3)17-11(15)16-9-4-5-10(14)8(6-9)7-13/h4-6H,14H2,1-3H3. The maximum Gasteiger partial charge on any atom is 0.514 e. The topological polar surface area (TPSA) is 85.3 Å². The third-order valence-electron chi connectivity index (χ3n) is 1.74.